The largest absolute Gasteiger partial charge is 0.326 e. The van der Waals surface area contributed by atoms with Gasteiger partial charge in [-0.25, -0.2) is 4.98 Å². The zero-order chi connectivity index (χ0) is 17.4. The predicted octanol–water partition coefficient (Wildman–Crippen LogP) is 4.78. The number of hydrogen-bond acceptors (Lipinski definition) is 2. The van der Waals surface area contributed by atoms with Gasteiger partial charge in [-0.2, -0.15) is 0 Å². The smallest absolute Gasteiger partial charge is 0.279 e. The molecule has 0 fully saturated rings. The number of pyridine rings is 1. The van der Waals surface area contributed by atoms with E-state index in [0.717, 1.165) is 47.2 Å². The van der Waals surface area contributed by atoms with Gasteiger partial charge < -0.3 is 9.13 Å². The topological polar surface area (TPSA) is 39.8 Å². The van der Waals surface area contributed by atoms with Gasteiger partial charge in [0.1, 0.15) is 5.82 Å². The third kappa shape index (κ3) is 2.80. The van der Waals surface area contributed by atoms with Crippen LogP contribution in [0.1, 0.15) is 19.8 Å². The van der Waals surface area contributed by atoms with Crippen LogP contribution in [0.15, 0.2) is 59.4 Å². The number of benzene rings is 2. The van der Waals surface area contributed by atoms with E-state index in [1.165, 1.54) is 0 Å². The number of rotatable bonds is 4. The highest BCUT2D eigenvalue weighted by Gasteiger charge is 2.18. The molecule has 0 saturated heterocycles. The van der Waals surface area contributed by atoms with Crippen molar-refractivity contribution in [2.45, 2.75) is 26.3 Å². The molecule has 0 radical (unpaired) electrons. The second-order valence-corrected chi connectivity index (χ2v) is 6.39. The highest BCUT2D eigenvalue weighted by molar-refractivity contribution is 6.03. The zero-order valence-electron chi connectivity index (χ0n) is 15.0. The number of imidazole rings is 1. The van der Waals surface area contributed by atoms with Crippen molar-refractivity contribution in [3.8, 4) is 11.4 Å². The molecule has 4 nitrogen and oxygen atoms in total. The maximum absolute atomic E-state index is 13.1. The number of hydrogen-bond donors (Lipinski definition) is 0. The lowest BCUT2D eigenvalue weighted by Crippen LogP contribution is -2.21. The highest BCUT2D eigenvalue weighted by Crippen LogP contribution is 2.27. The number of nitrogens with zero attached hydrogens (tertiary/aromatic N) is 3. The fraction of sp³-hybridized carbons (Fsp3) is 0.238. The third-order valence-electron chi connectivity index (χ3n) is 4.76. The van der Waals surface area contributed by atoms with Crippen LogP contribution in [0.3, 0.4) is 0 Å². The van der Waals surface area contributed by atoms with Crippen molar-refractivity contribution in [3.63, 3.8) is 0 Å². The molecule has 2 aromatic heterocycles. The molecule has 5 heteroatoms. The van der Waals surface area contributed by atoms with E-state index >= 15 is 0 Å². The summed E-state index contributed by atoms with van der Waals surface area (Å²) in [5.74, 6) is 0.825. The van der Waals surface area contributed by atoms with E-state index in [-0.39, 0.29) is 18.0 Å². The average Bonchev–Trinajstić information content (AvgIpc) is 3.00. The maximum atomic E-state index is 13.1. The molecule has 0 N–H and O–H groups in total. The molecule has 4 rings (SSSR count). The van der Waals surface area contributed by atoms with Crippen molar-refractivity contribution in [2.75, 3.05) is 0 Å². The summed E-state index contributed by atoms with van der Waals surface area (Å²) in [5, 5.41) is 1.07. The lowest BCUT2D eigenvalue weighted by molar-refractivity contribution is 0.634. The van der Waals surface area contributed by atoms with Gasteiger partial charge in [0.15, 0.2) is 5.52 Å². The van der Waals surface area contributed by atoms with E-state index in [4.69, 9.17) is 4.98 Å². The predicted molar refractivity (Wildman–Crippen MR) is 110 cm³/mol. The molecule has 0 aliphatic carbocycles. The van der Waals surface area contributed by atoms with Crippen LogP contribution in [0.4, 0.5) is 0 Å². The van der Waals surface area contributed by atoms with Crippen LogP contribution in [0.25, 0.3) is 33.3 Å². The van der Waals surface area contributed by atoms with Crippen molar-refractivity contribution in [2.24, 2.45) is 7.05 Å². The molecule has 4 aromatic rings. The molecule has 0 aliphatic rings. The number of halogens is 1. The van der Waals surface area contributed by atoms with Gasteiger partial charge in [-0.3, -0.25) is 4.79 Å². The molecular weight excluding hydrogens is 346 g/mol. The second kappa shape index (κ2) is 7.34. The first-order chi connectivity index (χ1) is 12.2. The molecular formula is C21H22ClN3O. The molecule has 0 unspecified atom stereocenters. The van der Waals surface area contributed by atoms with Gasteiger partial charge in [-0.1, -0.05) is 61.9 Å². The number of aromatic nitrogens is 3. The Morgan fingerprint density at radius 3 is 2.42 bits per heavy atom. The molecule has 0 atom stereocenters. The van der Waals surface area contributed by atoms with Gasteiger partial charge >= 0.3 is 0 Å². The molecule has 2 heterocycles. The Morgan fingerprint density at radius 1 is 1.00 bits per heavy atom. The Labute approximate surface area is 158 Å². The molecule has 0 bridgehead atoms. The summed E-state index contributed by atoms with van der Waals surface area (Å²) in [6.45, 7) is 2.86. The van der Waals surface area contributed by atoms with Crippen LogP contribution in [0.2, 0.25) is 0 Å². The van der Waals surface area contributed by atoms with Gasteiger partial charge in [0.2, 0.25) is 0 Å². The van der Waals surface area contributed by atoms with Crippen molar-refractivity contribution in [3.05, 3.63) is 65.0 Å². The first-order valence-corrected chi connectivity index (χ1v) is 8.75. The Kier molecular flexibility index (Phi) is 5.14. The lowest BCUT2D eigenvalue weighted by atomic mass is 10.1. The van der Waals surface area contributed by atoms with Crippen LogP contribution in [0, 0.1) is 0 Å². The lowest BCUT2D eigenvalue weighted by Gasteiger charge is -2.11. The minimum Gasteiger partial charge on any atom is -0.326 e. The Balaban J connectivity index is 0.00000196. The number of unbranched alkanes of at least 4 members (excludes halogenated alkanes) is 1. The van der Waals surface area contributed by atoms with Gasteiger partial charge in [0.05, 0.1) is 11.0 Å². The van der Waals surface area contributed by atoms with Crippen LogP contribution >= 0.6 is 12.4 Å². The summed E-state index contributed by atoms with van der Waals surface area (Å²) < 4.78 is 3.92. The van der Waals surface area contributed by atoms with E-state index in [2.05, 4.69) is 13.0 Å². The van der Waals surface area contributed by atoms with Crippen LogP contribution in [0.5, 0.6) is 0 Å². The van der Waals surface area contributed by atoms with E-state index < -0.39 is 0 Å². The first kappa shape index (κ1) is 18.2. The molecule has 134 valence electrons. The standard InChI is InChI=1S/C21H21N3O.ClH/c1-3-4-14-24-17-13-9-8-12-16(17)19-18(21(24)25)22-20(23(19)2)15-10-6-5-7-11-15;/h5-13H,3-4,14H2,1-2H3;1H. The minimum absolute atomic E-state index is 0. The monoisotopic (exact) mass is 367 g/mol. The Hall–Kier alpha value is -2.59. The fourth-order valence-corrected chi connectivity index (χ4v) is 3.49. The van der Waals surface area contributed by atoms with Gasteiger partial charge in [-0.15, -0.1) is 12.4 Å². The molecule has 26 heavy (non-hydrogen) atoms. The van der Waals surface area contributed by atoms with Crippen molar-refractivity contribution < 1.29 is 0 Å². The number of para-hydroxylation sites is 1. The summed E-state index contributed by atoms with van der Waals surface area (Å²) in [6.07, 6.45) is 2.03. The summed E-state index contributed by atoms with van der Waals surface area (Å²) in [5.41, 5.74) is 3.46. The van der Waals surface area contributed by atoms with E-state index in [1.54, 1.807) is 0 Å². The zero-order valence-corrected chi connectivity index (χ0v) is 15.8. The molecule has 2 aromatic carbocycles. The highest BCUT2D eigenvalue weighted by atomic mass is 35.5. The van der Waals surface area contributed by atoms with E-state index in [1.807, 2.05) is 64.7 Å². The van der Waals surface area contributed by atoms with E-state index in [9.17, 15) is 4.79 Å². The van der Waals surface area contributed by atoms with Gasteiger partial charge in [0.25, 0.3) is 5.56 Å². The third-order valence-corrected chi connectivity index (χ3v) is 4.76. The van der Waals surface area contributed by atoms with E-state index in [0.29, 0.717) is 5.52 Å². The quantitative estimate of drug-likeness (QED) is 0.521. The summed E-state index contributed by atoms with van der Waals surface area (Å²) in [6, 6.07) is 18.1. The van der Waals surface area contributed by atoms with Crippen LogP contribution < -0.4 is 5.56 Å². The summed E-state index contributed by atoms with van der Waals surface area (Å²) in [4.78, 5) is 17.9. The number of fused-ring (bicyclic) bond motifs is 3. The SMILES string of the molecule is CCCCn1c(=O)c2nc(-c3ccccc3)n(C)c2c2ccccc21.Cl. The minimum atomic E-state index is -0.0000638. The Bertz CT molecular complexity index is 1110. The Morgan fingerprint density at radius 2 is 1.69 bits per heavy atom. The summed E-state index contributed by atoms with van der Waals surface area (Å²) >= 11 is 0. The number of aryl methyl sites for hydroxylation is 2. The fourth-order valence-electron chi connectivity index (χ4n) is 3.49. The summed E-state index contributed by atoms with van der Waals surface area (Å²) in [7, 11) is 1.99. The maximum Gasteiger partial charge on any atom is 0.279 e. The average molecular weight is 368 g/mol. The van der Waals surface area contributed by atoms with Crippen LogP contribution in [-0.2, 0) is 13.6 Å². The van der Waals surface area contributed by atoms with Crippen LogP contribution in [-0.4, -0.2) is 14.1 Å². The molecule has 0 amide bonds. The van der Waals surface area contributed by atoms with Crippen molar-refractivity contribution in [1.29, 1.82) is 0 Å². The van der Waals surface area contributed by atoms with Gasteiger partial charge in [-0.05, 0) is 12.5 Å². The molecule has 0 aliphatic heterocycles. The molecule has 0 saturated carbocycles. The second-order valence-electron chi connectivity index (χ2n) is 6.39. The van der Waals surface area contributed by atoms with Gasteiger partial charge in [0, 0.05) is 24.5 Å². The first-order valence-electron chi connectivity index (χ1n) is 8.75. The van der Waals surface area contributed by atoms with Crippen molar-refractivity contribution >= 4 is 34.3 Å². The molecule has 0 spiro atoms. The van der Waals surface area contributed by atoms with Crippen molar-refractivity contribution in [1.82, 2.24) is 14.1 Å². The normalized spacial score (nSPS) is 11.0.